The Morgan fingerprint density at radius 2 is 1.91 bits per heavy atom. The second kappa shape index (κ2) is 5.70. The minimum Gasteiger partial charge on any atom is -0.338 e. The highest BCUT2D eigenvalue weighted by Crippen LogP contribution is 1.77. The van der Waals surface area contributed by atoms with Gasteiger partial charge >= 0.3 is 6.03 Å². The van der Waals surface area contributed by atoms with E-state index in [1.807, 2.05) is 6.92 Å². The van der Waals surface area contributed by atoms with Crippen LogP contribution in [0.15, 0.2) is 0 Å². The Labute approximate surface area is 66.4 Å². The van der Waals surface area contributed by atoms with Gasteiger partial charge in [0.2, 0.25) is 0 Å². The van der Waals surface area contributed by atoms with Crippen LogP contribution in [0.3, 0.4) is 0 Å². The number of Topliss-reactive ketones (excluding diaryl/α,β-unsaturated/α-hetero) is 1. The standard InChI is InChI=1S/C7H14N2O2/c1-3-8-7(11)9-5-4-6(2)10/h3-5H2,1-2H3,(H2,8,9,11). The summed E-state index contributed by atoms with van der Waals surface area (Å²) in [6.45, 7) is 4.36. The third-order valence-corrected chi connectivity index (χ3v) is 1.10. The molecule has 0 saturated carbocycles. The lowest BCUT2D eigenvalue weighted by molar-refractivity contribution is -0.116. The predicted molar refractivity (Wildman–Crippen MR) is 42.4 cm³/mol. The molecule has 0 aromatic rings. The first-order valence-electron chi connectivity index (χ1n) is 3.68. The zero-order valence-corrected chi connectivity index (χ0v) is 6.94. The molecule has 0 aliphatic rings. The van der Waals surface area contributed by atoms with Crippen molar-refractivity contribution in [1.29, 1.82) is 0 Å². The number of nitrogens with one attached hydrogen (secondary N) is 2. The van der Waals surface area contributed by atoms with E-state index in [-0.39, 0.29) is 11.8 Å². The topological polar surface area (TPSA) is 58.2 Å². The van der Waals surface area contributed by atoms with Gasteiger partial charge in [0.15, 0.2) is 0 Å². The van der Waals surface area contributed by atoms with Crippen molar-refractivity contribution in [3.05, 3.63) is 0 Å². The first kappa shape index (κ1) is 9.94. The maximum absolute atomic E-state index is 10.7. The molecule has 4 heteroatoms. The fraction of sp³-hybridized carbons (Fsp3) is 0.714. The first-order valence-corrected chi connectivity index (χ1v) is 3.68. The number of amides is 2. The Morgan fingerprint density at radius 1 is 1.27 bits per heavy atom. The molecule has 0 spiro atoms. The zero-order valence-electron chi connectivity index (χ0n) is 6.94. The third-order valence-electron chi connectivity index (χ3n) is 1.10. The van der Waals surface area contributed by atoms with Crippen LogP contribution in [0.4, 0.5) is 4.79 Å². The van der Waals surface area contributed by atoms with Crippen LogP contribution in [0.25, 0.3) is 0 Å². The van der Waals surface area contributed by atoms with Gasteiger partial charge in [0, 0.05) is 19.5 Å². The van der Waals surface area contributed by atoms with E-state index in [2.05, 4.69) is 10.6 Å². The second-order valence-electron chi connectivity index (χ2n) is 2.24. The maximum atomic E-state index is 10.7. The lowest BCUT2D eigenvalue weighted by Crippen LogP contribution is -2.36. The van der Waals surface area contributed by atoms with E-state index < -0.39 is 0 Å². The van der Waals surface area contributed by atoms with Crippen molar-refractivity contribution < 1.29 is 9.59 Å². The number of hydrogen-bond acceptors (Lipinski definition) is 2. The molecule has 0 fully saturated rings. The molecule has 0 aromatic heterocycles. The van der Waals surface area contributed by atoms with Crippen molar-refractivity contribution in [3.8, 4) is 0 Å². The van der Waals surface area contributed by atoms with E-state index in [1.165, 1.54) is 6.92 Å². The highest BCUT2D eigenvalue weighted by molar-refractivity contribution is 5.77. The summed E-state index contributed by atoms with van der Waals surface area (Å²) in [5, 5.41) is 5.10. The van der Waals surface area contributed by atoms with Crippen LogP contribution in [0, 0.1) is 0 Å². The molecule has 0 aliphatic heterocycles. The molecule has 0 bridgehead atoms. The Morgan fingerprint density at radius 3 is 2.36 bits per heavy atom. The SMILES string of the molecule is CCNC(=O)NCCC(C)=O. The van der Waals surface area contributed by atoms with Crippen LogP contribution in [-0.2, 0) is 4.79 Å². The van der Waals surface area contributed by atoms with Crippen LogP contribution < -0.4 is 10.6 Å². The fourth-order valence-corrected chi connectivity index (χ4v) is 0.575. The summed E-state index contributed by atoms with van der Waals surface area (Å²) in [4.78, 5) is 21.1. The van der Waals surface area contributed by atoms with Gasteiger partial charge in [-0.2, -0.15) is 0 Å². The summed E-state index contributed by atoms with van der Waals surface area (Å²) in [7, 11) is 0. The van der Waals surface area contributed by atoms with Crippen LogP contribution in [0.5, 0.6) is 0 Å². The third kappa shape index (κ3) is 6.83. The molecule has 11 heavy (non-hydrogen) atoms. The monoisotopic (exact) mass is 158 g/mol. The molecule has 2 N–H and O–H groups in total. The van der Waals surface area contributed by atoms with E-state index >= 15 is 0 Å². The van der Waals surface area contributed by atoms with Gasteiger partial charge in [-0.25, -0.2) is 4.79 Å². The number of carbonyl (C=O) groups is 2. The summed E-state index contributed by atoms with van der Waals surface area (Å²) in [5.74, 6) is 0.0850. The van der Waals surface area contributed by atoms with Crippen LogP contribution in [0.2, 0.25) is 0 Å². The van der Waals surface area contributed by atoms with E-state index in [9.17, 15) is 9.59 Å². The summed E-state index contributed by atoms with van der Waals surface area (Å²) in [6.07, 6.45) is 0.400. The molecular formula is C7H14N2O2. The van der Waals surface area contributed by atoms with E-state index in [1.54, 1.807) is 0 Å². The van der Waals surface area contributed by atoms with Gasteiger partial charge in [0.05, 0.1) is 0 Å². The predicted octanol–water partition coefficient (Wildman–Crippen LogP) is 0.285. The van der Waals surface area contributed by atoms with Gasteiger partial charge in [0.1, 0.15) is 5.78 Å². The van der Waals surface area contributed by atoms with E-state index in [0.29, 0.717) is 19.5 Å². The lowest BCUT2D eigenvalue weighted by atomic mass is 10.3. The lowest BCUT2D eigenvalue weighted by Gasteiger charge is -2.02. The van der Waals surface area contributed by atoms with Gasteiger partial charge in [0.25, 0.3) is 0 Å². The number of ketones is 1. The van der Waals surface area contributed by atoms with Crippen molar-refractivity contribution in [2.45, 2.75) is 20.3 Å². The van der Waals surface area contributed by atoms with E-state index in [0.717, 1.165) is 0 Å². The molecule has 0 atom stereocenters. The Bertz CT molecular complexity index is 145. The van der Waals surface area contributed by atoms with Gasteiger partial charge in [-0.3, -0.25) is 4.79 Å². The van der Waals surface area contributed by atoms with Gasteiger partial charge in [-0.05, 0) is 13.8 Å². The quantitative estimate of drug-likeness (QED) is 0.617. The molecule has 0 radical (unpaired) electrons. The van der Waals surface area contributed by atoms with Gasteiger partial charge in [-0.15, -0.1) is 0 Å². The highest BCUT2D eigenvalue weighted by Gasteiger charge is 1.97. The molecule has 0 heterocycles. The number of carbonyl (C=O) groups excluding carboxylic acids is 2. The molecule has 4 nitrogen and oxygen atoms in total. The average Bonchev–Trinajstić information content (AvgIpc) is 1.87. The minimum absolute atomic E-state index is 0.0850. The zero-order chi connectivity index (χ0) is 8.69. The molecule has 64 valence electrons. The number of hydrogen-bond donors (Lipinski definition) is 2. The maximum Gasteiger partial charge on any atom is 0.314 e. The normalized spacial score (nSPS) is 8.91. The van der Waals surface area contributed by atoms with Gasteiger partial charge < -0.3 is 10.6 Å². The largest absolute Gasteiger partial charge is 0.338 e. The summed E-state index contributed by atoms with van der Waals surface area (Å²) < 4.78 is 0. The Balaban J connectivity index is 3.24. The minimum atomic E-state index is -0.214. The number of urea groups is 1. The number of rotatable bonds is 4. The van der Waals surface area contributed by atoms with Crippen molar-refractivity contribution in [2.75, 3.05) is 13.1 Å². The van der Waals surface area contributed by atoms with Crippen molar-refractivity contribution >= 4 is 11.8 Å². The average molecular weight is 158 g/mol. The summed E-state index contributed by atoms with van der Waals surface area (Å²) in [5.41, 5.74) is 0. The fourth-order valence-electron chi connectivity index (χ4n) is 0.575. The first-order chi connectivity index (χ1) is 5.16. The molecule has 0 aromatic carbocycles. The van der Waals surface area contributed by atoms with Crippen molar-refractivity contribution in [1.82, 2.24) is 10.6 Å². The molecule has 0 unspecified atom stereocenters. The summed E-state index contributed by atoms with van der Waals surface area (Å²) in [6, 6.07) is -0.214. The molecule has 0 saturated heterocycles. The Kier molecular flexibility index (Phi) is 5.15. The van der Waals surface area contributed by atoms with Crippen LogP contribution >= 0.6 is 0 Å². The summed E-state index contributed by atoms with van der Waals surface area (Å²) >= 11 is 0. The van der Waals surface area contributed by atoms with Gasteiger partial charge in [-0.1, -0.05) is 0 Å². The smallest absolute Gasteiger partial charge is 0.314 e. The second-order valence-corrected chi connectivity index (χ2v) is 2.24. The van der Waals surface area contributed by atoms with Crippen molar-refractivity contribution in [3.63, 3.8) is 0 Å². The highest BCUT2D eigenvalue weighted by atomic mass is 16.2. The molecule has 2 amide bonds. The molecule has 0 aliphatic carbocycles. The molecular weight excluding hydrogens is 144 g/mol. The van der Waals surface area contributed by atoms with Crippen molar-refractivity contribution in [2.24, 2.45) is 0 Å². The van der Waals surface area contributed by atoms with E-state index in [4.69, 9.17) is 0 Å². The molecule has 0 rings (SSSR count). The Hall–Kier alpha value is -1.06. The van der Waals surface area contributed by atoms with Crippen LogP contribution in [-0.4, -0.2) is 24.9 Å². The van der Waals surface area contributed by atoms with Crippen LogP contribution in [0.1, 0.15) is 20.3 Å².